The van der Waals surface area contributed by atoms with Crippen LogP contribution in [0.15, 0.2) is 72.9 Å². The zero-order valence-electron chi connectivity index (χ0n) is 25.6. The number of halogens is 1. The van der Waals surface area contributed by atoms with Crippen LogP contribution in [0, 0.1) is 5.92 Å². The van der Waals surface area contributed by atoms with Gasteiger partial charge in [0.1, 0.15) is 5.75 Å². The van der Waals surface area contributed by atoms with E-state index in [-0.39, 0.29) is 29.1 Å². The number of aryl methyl sites for hydroxylation is 1. The van der Waals surface area contributed by atoms with Gasteiger partial charge in [-0.05, 0) is 72.7 Å². The third-order valence-electron chi connectivity index (χ3n) is 8.25. The van der Waals surface area contributed by atoms with Gasteiger partial charge in [-0.3, -0.25) is 14.3 Å². The molecule has 0 unspecified atom stereocenters. The van der Waals surface area contributed by atoms with Gasteiger partial charge in [0.2, 0.25) is 0 Å². The van der Waals surface area contributed by atoms with Crippen LogP contribution in [0.5, 0.6) is 5.75 Å². The highest BCUT2D eigenvalue weighted by Crippen LogP contribution is 2.33. The van der Waals surface area contributed by atoms with Gasteiger partial charge in [-0.15, -0.1) is 0 Å². The highest BCUT2D eigenvalue weighted by atomic mass is 35.5. The van der Waals surface area contributed by atoms with Gasteiger partial charge in [0.05, 0.1) is 40.7 Å². The van der Waals surface area contributed by atoms with Gasteiger partial charge >= 0.3 is 5.97 Å². The van der Waals surface area contributed by atoms with Crippen LogP contribution in [-0.2, 0) is 11.8 Å². The zero-order chi connectivity index (χ0) is 32.1. The molecule has 1 aliphatic carbocycles. The van der Waals surface area contributed by atoms with Crippen molar-refractivity contribution < 1.29 is 24.2 Å². The minimum atomic E-state index is -0.434. The number of benzene rings is 3. The molecule has 2 aliphatic rings. The lowest BCUT2D eigenvalue weighted by Gasteiger charge is -2.32. The van der Waals surface area contributed by atoms with Crippen LogP contribution < -0.4 is 5.32 Å². The maximum atomic E-state index is 13.4. The van der Waals surface area contributed by atoms with Gasteiger partial charge in [-0.1, -0.05) is 55.6 Å². The van der Waals surface area contributed by atoms with Gasteiger partial charge in [-0.25, -0.2) is 4.79 Å². The molecule has 0 bridgehead atoms. The summed E-state index contributed by atoms with van der Waals surface area (Å²) in [5.74, 6) is 0.373. The fraction of sp³-hybridized carbons (Fsp3) is 0.314. The van der Waals surface area contributed by atoms with E-state index in [0.717, 1.165) is 24.3 Å². The number of likely N-dealkylation sites (tertiary alicyclic amines) is 1. The normalized spacial score (nSPS) is 14.7. The average molecular weight is 629 g/mol. The molecule has 3 aromatic carbocycles. The standard InChI is InChI=1S/C31H29ClN4O5.C4H8/c1-35-28(23-5-3-4-6-27(23)37)25(18-33-35)29(38)34-22-11-12-26(32)24(17-22)30(39)36-15-13-20(14-16-36)19-7-9-21(10-8-19)31(40)41-2;1-4-2-3-4/h3-12,17-18,20,37H,13-16H2,1-2H3,(H,34,38);4H,2-3H2,1H3. The minimum Gasteiger partial charge on any atom is -0.507 e. The molecule has 6 rings (SSSR count). The van der Waals surface area contributed by atoms with Gasteiger partial charge in [0.25, 0.3) is 11.8 Å². The summed E-state index contributed by atoms with van der Waals surface area (Å²) in [6.07, 6.45) is 5.95. The summed E-state index contributed by atoms with van der Waals surface area (Å²) in [5.41, 5.74) is 3.56. The second-order valence-electron chi connectivity index (χ2n) is 11.6. The number of rotatable bonds is 6. The van der Waals surface area contributed by atoms with Crippen LogP contribution in [0.4, 0.5) is 5.69 Å². The van der Waals surface area contributed by atoms with E-state index >= 15 is 0 Å². The SMILES string of the molecule is CC1CC1.COC(=O)c1ccc(C2CCN(C(=O)c3cc(NC(=O)c4cnn(C)c4-c4ccccc4O)ccc3Cl)CC2)cc1. The fourth-order valence-electron chi connectivity index (χ4n) is 5.32. The van der Waals surface area contributed by atoms with E-state index in [2.05, 4.69) is 17.3 Å². The number of esters is 1. The molecule has 0 radical (unpaired) electrons. The van der Waals surface area contributed by atoms with Crippen molar-refractivity contribution in [1.29, 1.82) is 0 Å². The molecule has 0 spiro atoms. The van der Waals surface area contributed by atoms with E-state index in [0.29, 0.717) is 46.2 Å². The Labute approximate surface area is 267 Å². The quantitative estimate of drug-likeness (QED) is 0.224. The van der Waals surface area contributed by atoms with Gasteiger partial charge in [0.15, 0.2) is 0 Å². The smallest absolute Gasteiger partial charge is 0.337 e. The third kappa shape index (κ3) is 7.54. The number of nitrogens with one attached hydrogen (secondary N) is 1. The van der Waals surface area contributed by atoms with Crippen LogP contribution in [0.1, 0.15) is 75.2 Å². The summed E-state index contributed by atoms with van der Waals surface area (Å²) in [6, 6.07) is 18.9. The fourth-order valence-corrected chi connectivity index (χ4v) is 5.52. The maximum Gasteiger partial charge on any atom is 0.337 e. The molecule has 4 aromatic rings. The molecule has 10 heteroatoms. The first kappa shape index (κ1) is 31.8. The van der Waals surface area contributed by atoms with Crippen molar-refractivity contribution >= 4 is 35.1 Å². The van der Waals surface area contributed by atoms with Crippen LogP contribution in [0.3, 0.4) is 0 Å². The van der Waals surface area contributed by atoms with Crippen molar-refractivity contribution in [3.05, 3.63) is 100 Å². The van der Waals surface area contributed by atoms with Crippen LogP contribution >= 0.6 is 11.6 Å². The Kier molecular flexibility index (Phi) is 9.88. The minimum absolute atomic E-state index is 0.0338. The number of amides is 2. The number of anilines is 1. The van der Waals surface area contributed by atoms with Crippen molar-refractivity contribution in [3.63, 3.8) is 0 Å². The predicted molar refractivity (Wildman–Crippen MR) is 174 cm³/mol. The Morgan fingerprint density at radius 2 is 1.62 bits per heavy atom. The lowest BCUT2D eigenvalue weighted by atomic mass is 9.88. The van der Waals surface area contributed by atoms with E-state index in [4.69, 9.17) is 16.3 Å². The Morgan fingerprint density at radius 1 is 0.956 bits per heavy atom. The number of aromatic nitrogens is 2. The number of ether oxygens (including phenoxy) is 1. The van der Waals surface area contributed by atoms with Crippen molar-refractivity contribution in [2.45, 2.75) is 38.5 Å². The zero-order valence-corrected chi connectivity index (χ0v) is 26.4. The Morgan fingerprint density at radius 3 is 2.24 bits per heavy atom. The van der Waals surface area contributed by atoms with Crippen LogP contribution in [0.25, 0.3) is 11.3 Å². The van der Waals surface area contributed by atoms with Crippen molar-refractivity contribution in [1.82, 2.24) is 14.7 Å². The highest BCUT2D eigenvalue weighted by Gasteiger charge is 2.27. The molecule has 45 heavy (non-hydrogen) atoms. The van der Waals surface area contributed by atoms with Crippen molar-refractivity contribution in [2.75, 3.05) is 25.5 Å². The number of methoxy groups -OCH3 is 1. The largest absolute Gasteiger partial charge is 0.507 e. The number of hydrogen-bond acceptors (Lipinski definition) is 6. The summed E-state index contributed by atoms with van der Waals surface area (Å²) < 4.78 is 6.29. The second-order valence-corrected chi connectivity index (χ2v) is 12.0. The summed E-state index contributed by atoms with van der Waals surface area (Å²) in [5, 5.41) is 17.7. The lowest BCUT2D eigenvalue weighted by Crippen LogP contribution is -2.38. The van der Waals surface area contributed by atoms with E-state index < -0.39 is 5.91 Å². The molecular formula is C35H37ClN4O5. The van der Waals surface area contributed by atoms with Crippen LogP contribution in [-0.4, -0.2) is 57.8 Å². The topological polar surface area (TPSA) is 114 Å². The number of aromatic hydroxyl groups is 1. The van der Waals surface area contributed by atoms with Crippen molar-refractivity contribution in [3.8, 4) is 17.0 Å². The maximum absolute atomic E-state index is 13.4. The molecule has 234 valence electrons. The summed E-state index contributed by atoms with van der Waals surface area (Å²) >= 11 is 6.43. The number of phenolic OH excluding ortho intramolecular Hbond substituents is 1. The number of piperidine rings is 1. The molecule has 2 amide bonds. The molecule has 1 aromatic heterocycles. The second kappa shape index (κ2) is 14.0. The molecule has 0 atom stereocenters. The van der Waals surface area contributed by atoms with Crippen LogP contribution in [0.2, 0.25) is 5.02 Å². The Hall–Kier alpha value is -4.63. The Bertz CT molecular complexity index is 1690. The van der Waals surface area contributed by atoms with Gasteiger partial charge in [-0.2, -0.15) is 5.10 Å². The van der Waals surface area contributed by atoms with E-state index in [9.17, 15) is 19.5 Å². The number of hydrogen-bond donors (Lipinski definition) is 2. The van der Waals surface area contributed by atoms with E-state index in [1.165, 1.54) is 30.8 Å². The predicted octanol–water partition coefficient (Wildman–Crippen LogP) is 6.92. The first-order chi connectivity index (χ1) is 21.7. The number of carbonyl (C=O) groups excluding carboxylic acids is 3. The van der Waals surface area contributed by atoms with Gasteiger partial charge in [0, 0.05) is 31.4 Å². The molecular weight excluding hydrogens is 592 g/mol. The average Bonchev–Trinajstić information content (AvgIpc) is 3.75. The highest BCUT2D eigenvalue weighted by molar-refractivity contribution is 6.34. The van der Waals surface area contributed by atoms with Gasteiger partial charge < -0.3 is 20.1 Å². The Balaban J connectivity index is 0.000000927. The molecule has 1 aliphatic heterocycles. The molecule has 1 saturated heterocycles. The first-order valence-electron chi connectivity index (χ1n) is 15.0. The first-order valence-corrected chi connectivity index (χ1v) is 15.4. The molecule has 2 N–H and O–H groups in total. The molecule has 1 saturated carbocycles. The third-order valence-corrected chi connectivity index (χ3v) is 8.58. The number of nitrogens with zero attached hydrogens (tertiary/aromatic N) is 3. The molecule has 2 fully saturated rings. The lowest BCUT2D eigenvalue weighted by molar-refractivity contribution is 0.0599. The molecule has 9 nitrogen and oxygen atoms in total. The number of para-hydroxylation sites is 1. The summed E-state index contributed by atoms with van der Waals surface area (Å²) in [4.78, 5) is 40.2. The number of carbonyl (C=O) groups is 3. The van der Waals surface area contributed by atoms with E-state index in [1.54, 1.807) is 66.5 Å². The van der Waals surface area contributed by atoms with Crippen molar-refractivity contribution in [2.24, 2.45) is 13.0 Å². The molecule has 2 heterocycles. The summed E-state index contributed by atoms with van der Waals surface area (Å²) in [6.45, 7) is 3.38. The van der Waals surface area contributed by atoms with E-state index in [1.807, 2.05) is 12.1 Å². The number of phenols is 1. The monoisotopic (exact) mass is 628 g/mol. The summed E-state index contributed by atoms with van der Waals surface area (Å²) in [7, 11) is 3.05.